The van der Waals surface area contributed by atoms with Crippen LogP contribution in [0, 0.1) is 5.92 Å². The Morgan fingerprint density at radius 1 is 1.00 bits per heavy atom. The van der Waals surface area contributed by atoms with E-state index in [0.717, 1.165) is 30.4 Å². The van der Waals surface area contributed by atoms with Gasteiger partial charge in [-0.05, 0) is 90.8 Å². The van der Waals surface area contributed by atoms with Crippen LogP contribution in [0.4, 0.5) is 5.69 Å². The zero-order valence-electron chi connectivity index (χ0n) is 23.1. The largest absolute Gasteiger partial charge is 0.332 e. The molecule has 198 valence electrons. The maximum Gasteiger partial charge on any atom is 0.207 e. The highest BCUT2D eigenvalue weighted by atomic mass is 32.2. The summed E-state index contributed by atoms with van der Waals surface area (Å²) in [5, 5.41) is 0. The number of hydrogen-bond acceptors (Lipinski definition) is 3. The fourth-order valence-electron chi connectivity index (χ4n) is 7.59. The number of anilines is 1. The Hall–Kier alpha value is -3.37. The molecule has 2 aromatic carbocycles. The molecule has 3 atom stereocenters. The van der Waals surface area contributed by atoms with Gasteiger partial charge in [-0.15, -0.1) is 0 Å². The van der Waals surface area contributed by atoms with Gasteiger partial charge in [-0.2, -0.15) is 0 Å². The predicted molar refractivity (Wildman–Crippen MR) is 160 cm³/mol. The molecular weight excluding hydrogens is 498 g/mol. The van der Waals surface area contributed by atoms with E-state index in [2.05, 4.69) is 105 Å². The summed E-state index contributed by atoms with van der Waals surface area (Å²) in [5.41, 5.74) is 7.76. The first-order valence-electron chi connectivity index (χ1n) is 14.1. The molecule has 4 aliphatic carbocycles. The number of rotatable bonds is 3. The smallest absolute Gasteiger partial charge is 0.207 e. The molecule has 2 aromatic rings. The molecule has 0 saturated carbocycles. The molecule has 3 nitrogen and oxygen atoms in total. The van der Waals surface area contributed by atoms with Crippen molar-refractivity contribution < 1.29 is 8.42 Å². The Bertz CT molecular complexity index is 1700. The fraction of sp³-hybridized carbons (Fsp3) is 0.314. The molecule has 0 fully saturated rings. The molecule has 0 bridgehead atoms. The van der Waals surface area contributed by atoms with Crippen molar-refractivity contribution in [2.24, 2.45) is 5.92 Å². The monoisotopic (exact) mass is 533 g/mol. The van der Waals surface area contributed by atoms with Crippen molar-refractivity contribution in [2.75, 3.05) is 4.90 Å². The van der Waals surface area contributed by atoms with Gasteiger partial charge >= 0.3 is 0 Å². The van der Waals surface area contributed by atoms with Crippen LogP contribution in [-0.4, -0.2) is 14.0 Å². The Balaban J connectivity index is 1.38. The van der Waals surface area contributed by atoms with Crippen molar-refractivity contribution in [1.29, 1.82) is 0 Å². The van der Waals surface area contributed by atoms with Gasteiger partial charge in [0.1, 0.15) is 0 Å². The molecule has 0 radical (unpaired) electrons. The normalized spacial score (nSPS) is 28.8. The van der Waals surface area contributed by atoms with E-state index in [0.29, 0.717) is 9.80 Å². The van der Waals surface area contributed by atoms with E-state index in [1.165, 1.54) is 28.1 Å². The van der Waals surface area contributed by atoms with Gasteiger partial charge in [0, 0.05) is 22.7 Å². The second-order valence-electron chi connectivity index (χ2n) is 12.4. The number of allylic oxidation sites excluding steroid dienone is 8. The van der Waals surface area contributed by atoms with E-state index in [-0.39, 0.29) is 22.8 Å². The number of sulfone groups is 1. The first-order valence-corrected chi connectivity index (χ1v) is 15.6. The molecule has 1 aliphatic heterocycles. The predicted octanol–water partition coefficient (Wildman–Crippen LogP) is 8.15. The van der Waals surface area contributed by atoms with Crippen LogP contribution in [0.1, 0.15) is 69.6 Å². The van der Waals surface area contributed by atoms with Gasteiger partial charge in [0.25, 0.3) is 0 Å². The van der Waals surface area contributed by atoms with Crippen molar-refractivity contribution in [3.05, 3.63) is 124 Å². The standard InChI is InChI=1S/C35H35NO2S/c1-23-19-25(36(24-13-7-5-8-14-24)35(4)17-11-6-12-18-35)20-30-33(23)28-22-32-27(21-29(28)34(30,2)3)26-15-9-10-16-31(26)39(32,37)38/h5-8,10-14,16-17,19-23,33H,9,15,18H2,1-4H3. The summed E-state index contributed by atoms with van der Waals surface area (Å²) < 4.78 is 27.2. The fourth-order valence-corrected chi connectivity index (χ4v) is 9.39. The van der Waals surface area contributed by atoms with E-state index >= 15 is 0 Å². The number of benzene rings is 2. The lowest BCUT2D eigenvalue weighted by Crippen LogP contribution is -2.45. The third kappa shape index (κ3) is 3.43. The van der Waals surface area contributed by atoms with E-state index < -0.39 is 9.84 Å². The van der Waals surface area contributed by atoms with Crippen LogP contribution in [0.2, 0.25) is 0 Å². The van der Waals surface area contributed by atoms with Crippen LogP contribution in [0.3, 0.4) is 0 Å². The molecular formula is C35H35NO2S. The SMILES string of the molecule is CC1C=C(N(c2ccccc2)C2(C)C=CC=CC2)C=C2C1c1cc3c(cc1C2(C)C)C1=C(C=CCC1)S3(=O)=O. The van der Waals surface area contributed by atoms with Gasteiger partial charge in [-0.1, -0.05) is 81.0 Å². The van der Waals surface area contributed by atoms with E-state index in [4.69, 9.17) is 0 Å². The van der Waals surface area contributed by atoms with Crippen molar-refractivity contribution in [1.82, 2.24) is 0 Å². The van der Waals surface area contributed by atoms with Crippen LogP contribution in [0.5, 0.6) is 0 Å². The molecule has 39 heavy (non-hydrogen) atoms. The quantitative estimate of drug-likeness (QED) is 0.399. The number of nitrogens with zero attached hydrogens (tertiary/aromatic N) is 1. The Labute approximate surface area is 232 Å². The number of hydrogen-bond donors (Lipinski definition) is 0. The zero-order chi connectivity index (χ0) is 27.2. The molecule has 3 unspecified atom stereocenters. The van der Waals surface area contributed by atoms with Crippen LogP contribution >= 0.6 is 0 Å². The minimum atomic E-state index is -3.47. The first-order chi connectivity index (χ1) is 18.6. The summed E-state index contributed by atoms with van der Waals surface area (Å²) in [6.07, 6.45) is 20.1. The average Bonchev–Trinajstić information content (AvgIpc) is 3.28. The maximum absolute atomic E-state index is 13.6. The molecule has 0 spiro atoms. The van der Waals surface area contributed by atoms with Gasteiger partial charge in [-0.3, -0.25) is 0 Å². The second kappa shape index (κ2) is 8.32. The van der Waals surface area contributed by atoms with Crippen molar-refractivity contribution in [3.8, 4) is 0 Å². The summed E-state index contributed by atoms with van der Waals surface area (Å²) >= 11 is 0. The highest BCUT2D eigenvalue weighted by molar-refractivity contribution is 7.96. The Morgan fingerprint density at radius 2 is 1.79 bits per heavy atom. The summed E-state index contributed by atoms with van der Waals surface area (Å²) in [6.45, 7) is 9.23. The summed E-state index contributed by atoms with van der Waals surface area (Å²) in [6, 6.07) is 14.9. The van der Waals surface area contributed by atoms with Crippen LogP contribution in [0.15, 0.2) is 112 Å². The van der Waals surface area contributed by atoms with E-state index in [1.807, 2.05) is 18.2 Å². The van der Waals surface area contributed by atoms with E-state index in [1.54, 1.807) is 0 Å². The molecule has 0 amide bonds. The van der Waals surface area contributed by atoms with Crippen LogP contribution in [0.25, 0.3) is 5.57 Å². The number of para-hydroxylation sites is 1. The lowest BCUT2D eigenvalue weighted by atomic mass is 9.74. The second-order valence-corrected chi connectivity index (χ2v) is 14.3. The molecule has 4 heteroatoms. The first kappa shape index (κ1) is 24.7. The molecule has 7 rings (SSSR count). The van der Waals surface area contributed by atoms with Crippen LogP contribution < -0.4 is 4.90 Å². The Morgan fingerprint density at radius 3 is 2.54 bits per heavy atom. The number of fused-ring (bicyclic) bond motifs is 5. The summed E-state index contributed by atoms with van der Waals surface area (Å²) in [7, 11) is -3.47. The van der Waals surface area contributed by atoms with Crippen molar-refractivity contribution >= 4 is 21.1 Å². The van der Waals surface area contributed by atoms with Gasteiger partial charge in [0.15, 0.2) is 0 Å². The molecule has 0 aromatic heterocycles. The molecule has 5 aliphatic rings. The molecule has 0 saturated heterocycles. The minimum Gasteiger partial charge on any atom is -0.332 e. The summed E-state index contributed by atoms with van der Waals surface area (Å²) in [4.78, 5) is 3.51. The van der Waals surface area contributed by atoms with Crippen LogP contribution in [-0.2, 0) is 15.3 Å². The minimum absolute atomic E-state index is 0.166. The van der Waals surface area contributed by atoms with Gasteiger partial charge in [-0.25, -0.2) is 8.42 Å². The third-order valence-corrected chi connectivity index (χ3v) is 11.4. The van der Waals surface area contributed by atoms with Gasteiger partial charge < -0.3 is 4.90 Å². The lowest BCUT2D eigenvalue weighted by Gasteiger charge is -2.44. The summed E-state index contributed by atoms with van der Waals surface area (Å²) in [5.74, 6) is 0.391. The van der Waals surface area contributed by atoms with Crippen molar-refractivity contribution in [2.45, 2.75) is 68.7 Å². The highest BCUT2D eigenvalue weighted by Gasteiger charge is 2.48. The molecule has 1 heterocycles. The molecule has 0 N–H and O–H groups in total. The van der Waals surface area contributed by atoms with E-state index in [9.17, 15) is 8.42 Å². The zero-order valence-corrected chi connectivity index (χ0v) is 23.9. The topological polar surface area (TPSA) is 37.4 Å². The van der Waals surface area contributed by atoms with Gasteiger partial charge in [0.2, 0.25) is 9.84 Å². The highest BCUT2D eigenvalue weighted by Crippen LogP contribution is 2.58. The average molecular weight is 534 g/mol. The Kier molecular flexibility index (Phi) is 5.26. The van der Waals surface area contributed by atoms with Crippen molar-refractivity contribution in [3.63, 3.8) is 0 Å². The third-order valence-electron chi connectivity index (χ3n) is 9.53. The lowest BCUT2D eigenvalue weighted by molar-refractivity contribution is 0.520. The maximum atomic E-state index is 13.6. The van der Waals surface area contributed by atoms with Gasteiger partial charge in [0.05, 0.1) is 15.3 Å².